The molecular weight excluding hydrogens is 333 g/mol. The number of halogens is 2. The maximum Gasteiger partial charge on any atom is 0.227 e. The molecule has 2 heterocycles. The Bertz CT molecular complexity index is 652. The zero-order valence-corrected chi connectivity index (χ0v) is 14.8. The van der Waals surface area contributed by atoms with Crippen LogP contribution in [0.15, 0.2) is 36.5 Å². The van der Waals surface area contributed by atoms with Crippen LogP contribution in [-0.4, -0.2) is 24.0 Å². The molecule has 1 unspecified atom stereocenters. The van der Waals surface area contributed by atoms with Crippen LogP contribution in [0.4, 0.5) is 0 Å². The number of hydrogen-bond acceptors (Lipinski definition) is 3. The molecule has 0 radical (unpaired) electrons. The highest BCUT2D eigenvalue weighted by atomic mass is 35.5. The second-order valence-corrected chi connectivity index (χ2v) is 6.02. The molecule has 3 rings (SSSR count). The zero-order chi connectivity index (χ0) is 14.7. The Hall–Kier alpha value is -1.36. The number of amides is 1. The summed E-state index contributed by atoms with van der Waals surface area (Å²) in [7, 11) is 0. The molecule has 4 nitrogen and oxygen atoms in total. The van der Waals surface area contributed by atoms with E-state index in [2.05, 4.69) is 15.6 Å². The van der Waals surface area contributed by atoms with Crippen molar-refractivity contribution in [3.8, 4) is 0 Å². The van der Waals surface area contributed by atoms with E-state index in [9.17, 15) is 4.79 Å². The molecule has 0 saturated carbocycles. The molecule has 0 spiro atoms. The standard InChI is InChI=1S/C17H21N3O.2ClH/c1-17(8-4-9-18-12-17)16(21)20-11-14-6-2-5-13-7-3-10-19-15(13)14;;/h2-3,5-7,10,18H,4,8-9,11-12H2,1H3,(H,20,21);2*1H. The molecule has 1 aliphatic heterocycles. The van der Waals surface area contributed by atoms with Crippen molar-refractivity contribution in [3.05, 3.63) is 42.1 Å². The van der Waals surface area contributed by atoms with Crippen molar-refractivity contribution in [2.45, 2.75) is 26.3 Å². The van der Waals surface area contributed by atoms with E-state index >= 15 is 0 Å². The summed E-state index contributed by atoms with van der Waals surface area (Å²) in [5.41, 5.74) is 1.73. The molecule has 23 heavy (non-hydrogen) atoms. The van der Waals surface area contributed by atoms with Crippen molar-refractivity contribution >= 4 is 41.6 Å². The predicted molar refractivity (Wildman–Crippen MR) is 98.3 cm³/mol. The summed E-state index contributed by atoms with van der Waals surface area (Å²) in [5, 5.41) is 7.50. The van der Waals surface area contributed by atoms with Crippen molar-refractivity contribution in [2.24, 2.45) is 5.41 Å². The molecule has 1 fully saturated rings. The van der Waals surface area contributed by atoms with Gasteiger partial charge in [-0.15, -0.1) is 24.8 Å². The molecule has 0 bridgehead atoms. The van der Waals surface area contributed by atoms with Gasteiger partial charge in [0.05, 0.1) is 10.9 Å². The van der Waals surface area contributed by atoms with Gasteiger partial charge in [0.1, 0.15) is 0 Å². The van der Waals surface area contributed by atoms with E-state index in [4.69, 9.17) is 0 Å². The highest BCUT2D eigenvalue weighted by molar-refractivity contribution is 5.86. The Morgan fingerprint density at radius 3 is 2.83 bits per heavy atom. The van der Waals surface area contributed by atoms with E-state index in [-0.39, 0.29) is 36.1 Å². The first-order chi connectivity index (χ1) is 10.2. The van der Waals surface area contributed by atoms with Crippen molar-refractivity contribution in [1.29, 1.82) is 0 Å². The Morgan fingerprint density at radius 2 is 2.09 bits per heavy atom. The first-order valence-electron chi connectivity index (χ1n) is 7.51. The smallest absolute Gasteiger partial charge is 0.227 e. The van der Waals surface area contributed by atoms with Crippen molar-refractivity contribution in [2.75, 3.05) is 13.1 Å². The number of piperidine rings is 1. The summed E-state index contributed by atoms with van der Waals surface area (Å²) in [6.07, 6.45) is 3.79. The van der Waals surface area contributed by atoms with E-state index in [1.807, 2.05) is 37.3 Å². The van der Waals surface area contributed by atoms with Gasteiger partial charge in [0, 0.05) is 24.7 Å². The summed E-state index contributed by atoms with van der Waals surface area (Å²) >= 11 is 0. The molecular formula is C17H23Cl2N3O. The number of carbonyl (C=O) groups excluding carboxylic acids is 1. The van der Waals surface area contributed by atoms with Crippen LogP contribution in [-0.2, 0) is 11.3 Å². The second kappa shape index (κ2) is 8.48. The molecule has 2 aromatic rings. The maximum atomic E-state index is 12.5. The largest absolute Gasteiger partial charge is 0.351 e. The van der Waals surface area contributed by atoms with Gasteiger partial charge in [-0.05, 0) is 37.9 Å². The third-order valence-electron chi connectivity index (χ3n) is 4.30. The zero-order valence-electron chi connectivity index (χ0n) is 13.2. The third-order valence-corrected chi connectivity index (χ3v) is 4.30. The topological polar surface area (TPSA) is 54.0 Å². The van der Waals surface area contributed by atoms with Crippen molar-refractivity contribution in [1.82, 2.24) is 15.6 Å². The number of pyridine rings is 1. The fourth-order valence-corrected chi connectivity index (χ4v) is 2.95. The van der Waals surface area contributed by atoms with Gasteiger partial charge in [0.2, 0.25) is 5.91 Å². The molecule has 126 valence electrons. The number of aromatic nitrogens is 1. The van der Waals surface area contributed by atoms with Crippen molar-refractivity contribution < 1.29 is 4.79 Å². The number of benzene rings is 1. The number of fused-ring (bicyclic) bond motifs is 1. The van der Waals surface area contributed by atoms with Crippen LogP contribution < -0.4 is 10.6 Å². The van der Waals surface area contributed by atoms with Crippen LogP contribution in [0.2, 0.25) is 0 Å². The lowest BCUT2D eigenvalue weighted by molar-refractivity contribution is -0.131. The van der Waals surface area contributed by atoms with Crippen LogP contribution in [0.3, 0.4) is 0 Å². The Morgan fingerprint density at radius 1 is 1.30 bits per heavy atom. The van der Waals surface area contributed by atoms with Gasteiger partial charge in [-0.1, -0.05) is 24.3 Å². The van der Waals surface area contributed by atoms with Gasteiger partial charge < -0.3 is 10.6 Å². The van der Waals surface area contributed by atoms with Crippen LogP contribution in [0.5, 0.6) is 0 Å². The van der Waals surface area contributed by atoms with Gasteiger partial charge in [-0.2, -0.15) is 0 Å². The predicted octanol–water partition coefficient (Wildman–Crippen LogP) is 3.08. The van der Waals surface area contributed by atoms with E-state index in [1.54, 1.807) is 6.20 Å². The molecule has 1 aromatic heterocycles. The van der Waals surface area contributed by atoms with E-state index in [0.29, 0.717) is 6.54 Å². The minimum absolute atomic E-state index is 0. The number of para-hydroxylation sites is 1. The fourth-order valence-electron chi connectivity index (χ4n) is 2.95. The minimum Gasteiger partial charge on any atom is -0.351 e. The number of nitrogens with one attached hydrogen (secondary N) is 2. The molecule has 2 N–H and O–H groups in total. The third kappa shape index (κ3) is 4.34. The Labute approximate surface area is 149 Å². The summed E-state index contributed by atoms with van der Waals surface area (Å²) in [5.74, 6) is 0.127. The highest BCUT2D eigenvalue weighted by Gasteiger charge is 2.34. The van der Waals surface area contributed by atoms with Crippen molar-refractivity contribution in [3.63, 3.8) is 0 Å². The Balaban J connectivity index is 0.00000132. The van der Waals surface area contributed by atoms with Gasteiger partial charge in [0.15, 0.2) is 0 Å². The molecule has 1 aromatic carbocycles. The maximum absolute atomic E-state index is 12.5. The lowest BCUT2D eigenvalue weighted by Crippen LogP contribution is -2.48. The van der Waals surface area contributed by atoms with Gasteiger partial charge in [-0.3, -0.25) is 9.78 Å². The molecule has 6 heteroatoms. The van der Waals surface area contributed by atoms with E-state index in [1.165, 1.54) is 0 Å². The average Bonchev–Trinajstić information content (AvgIpc) is 2.53. The van der Waals surface area contributed by atoms with Crippen LogP contribution in [0, 0.1) is 5.41 Å². The van der Waals surface area contributed by atoms with Crippen LogP contribution in [0.1, 0.15) is 25.3 Å². The minimum atomic E-state index is -0.295. The highest BCUT2D eigenvalue weighted by Crippen LogP contribution is 2.25. The van der Waals surface area contributed by atoms with Crippen LogP contribution >= 0.6 is 24.8 Å². The number of hydrogen-bond donors (Lipinski definition) is 2. The molecule has 1 atom stereocenters. The summed E-state index contributed by atoms with van der Waals surface area (Å²) in [4.78, 5) is 16.9. The van der Waals surface area contributed by atoms with E-state index in [0.717, 1.165) is 42.4 Å². The SMILES string of the molecule is CC1(C(=O)NCc2cccc3cccnc23)CCCNC1.Cl.Cl. The average molecular weight is 356 g/mol. The van der Waals surface area contributed by atoms with Gasteiger partial charge >= 0.3 is 0 Å². The first kappa shape index (κ1) is 19.7. The van der Waals surface area contributed by atoms with Crippen LogP contribution in [0.25, 0.3) is 10.9 Å². The number of carbonyl (C=O) groups is 1. The molecule has 1 amide bonds. The van der Waals surface area contributed by atoms with E-state index < -0.39 is 0 Å². The monoisotopic (exact) mass is 355 g/mol. The molecule has 1 saturated heterocycles. The quantitative estimate of drug-likeness (QED) is 0.889. The first-order valence-corrected chi connectivity index (χ1v) is 7.51. The summed E-state index contributed by atoms with van der Waals surface area (Å²) in [6, 6.07) is 10.0. The summed E-state index contributed by atoms with van der Waals surface area (Å²) < 4.78 is 0. The lowest BCUT2D eigenvalue weighted by Gasteiger charge is -2.32. The lowest BCUT2D eigenvalue weighted by atomic mass is 9.82. The Kier molecular flexibility index (Phi) is 7.26. The molecule has 1 aliphatic rings. The molecule has 0 aliphatic carbocycles. The fraction of sp³-hybridized carbons (Fsp3) is 0.412. The van der Waals surface area contributed by atoms with Gasteiger partial charge in [0.25, 0.3) is 0 Å². The van der Waals surface area contributed by atoms with Gasteiger partial charge in [-0.25, -0.2) is 0 Å². The number of nitrogens with zero attached hydrogens (tertiary/aromatic N) is 1. The number of rotatable bonds is 3. The second-order valence-electron chi connectivity index (χ2n) is 6.02. The normalized spacial score (nSPS) is 20.2. The summed E-state index contributed by atoms with van der Waals surface area (Å²) in [6.45, 7) is 4.33.